The summed E-state index contributed by atoms with van der Waals surface area (Å²) in [6, 6.07) is 9.14. The average Bonchev–Trinajstić information content (AvgIpc) is 3.14. The number of urea groups is 1. The van der Waals surface area contributed by atoms with Gasteiger partial charge < -0.3 is 19.5 Å². The van der Waals surface area contributed by atoms with Gasteiger partial charge in [-0.05, 0) is 25.3 Å². The molecule has 3 rings (SSSR count). The topological polar surface area (TPSA) is 67.6 Å². The van der Waals surface area contributed by atoms with Gasteiger partial charge in [-0.3, -0.25) is 0 Å². The fourth-order valence-electron chi connectivity index (χ4n) is 3.01. The Hall–Kier alpha value is -2.05. The van der Waals surface area contributed by atoms with Crippen molar-refractivity contribution < 1.29 is 14.1 Å². The molecule has 1 N–H and O–H groups in total. The van der Waals surface area contributed by atoms with Gasteiger partial charge in [0, 0.05) is 31.3 Å². The van der Waals surface area contributed by atoms with Gasteiger partial charge in [0.1, 0.15) is 5.69 Å². The number of likely N-dealkylation sites (tertiary alicyclic amines) is 1. The zero-order valence-electron chi connectivity index (χ0n) is 14.9. The molecule has 2 amide bonds. The Kier molecular flexibility index (Phi) is 6.52. The fourth-order valence-corrected chi connectivity index (χ4v) is 3.24. The molecular weight excluding hydrogens is 354 g/mol. The van der Waals surface area contributed by atoms with Crippen molar-refractivity contribution in [2.75, 3.05) is 19.7 Å². The number of ether oxygens (including phenoxy) is 1. The average molecular weight is 378 g/mol. The molecule has 2 heterocycles. The van der Waals surface area contributed by atoms with Crippen molar-refractivity contribution in [3.8, 4) is 11.3 Å². The largest absolute Gasteiger partial charge is 0.376 e. The van der Waals surface area contributed by atoms with Crippen molar-refractivity contribution >= 4 is 17.6 Å². The third-order valence-corrected chi connectivity index (χ3v) is 4.68. The van der Waals surface area contributed by atoms with Crippen molar-refractivity contribution in [2.24, 2.45) is 0 Å². The van der Waals surface area contributed by atoms with E-state index in [4.69, 9.17) is 20.9 Å². The van der Waals surface area contributed by atoms with Gasteiger partial charge in [0.05, 0.1) is 17.7 Å². The van der Waals surface area contributed by atoms with Gasteiger partial charge >= 0.3 is 6.03 Å². The Labute approximate surface area is 158 Å². The first-order valence-electron chi connectivity index (χ1n) is 9.02. The predicted molar refractivity (Wildman–Crippen MR) is 100 cm³/mol. The molecule has 0 saturated carbocycles. The van der Waals surface area contributed by atoms with Crippen LogP contribution in [0.2, 0.25) is 5.02 Å². The van der Waals surface area contributed by atoms with Crippen molar-refractivity contribution in [1.29, 1.82) is 0 Å². The van der Waals surface area contributed by atoms with Crippen molar-refractivity contribution in [3.05, 3.63) is 41.1 Å². The lowest BCUT2D eigenvalue weighted by molar-refractivity contribution is 0.00996. The highest BCUT2D eigenvalue weighted by Crippen LogP contribution is 2.26. The molecule has 6 nitrogen and oxygen atoms in total. The maximum absolute atomic E-state index is 12.4. The molecule has 26 heavy (non-hydrogen) atoms. The molecule has 1 fully saturated rings. The lowest BCUT2D eigenvalue weighted by Gasteiger charge is -2.32. The first-order chi connectivity index (χ1) is 12.7. The third-order valence-electron chi connectivity index (χ3n) is 4.35. The smallest absolute Gasteiger partial charge is 0.317 e. The normalized spacial score (nSPS) is 17.3. The first-order valence-corrected chi connectivity index (χ1v) is 9.40. The minimum atomic E-state index is -0.106. The Morgan fingerprint density at radius 3 is 3.12 bits per heavy atom. The van der Waals surface area contributed by atoms with Crippen LogP contribution in [0.1, 0.15) is 31.9 Å². The highest BCUT2D eigenvalue weighted by Gasteiger charge is 2.24. The highest BCUT2D eigenvalue weighted by molar-refractivity contribution is 6.33. The molecule has 0 radical (unpaired) electrons. The number of halogens is 1. The van der Waals surface area contributed by atoms with Gasteiger partial charge in [-0.15, -0.1) is 0 Å². The molecule has 1 aromatic heterocycles. The van der Waals surface area contributed by atoms with Crippen LogP contribution >= 0.6 is 11.6 Å². The zero-order chi connectivity index (χ0) is 18.4. The molecule has 0 spiro atoms. The number of rotatable bonds is 6. The number of hydrogen-bond donors (Lipinski definition) is 1. The Morgan fingerprint density at radius 2 is 2.31 bits per heavy atom. The number of nitrogens with zero attached hydrogens (tertiary/aromatic N) is 2. The molecule has 1 unspecified atom stereocenters. The summed E-state index contributed by atoms with van der Waals surface area (Å²) in [5.74, 6) is 0.587. The van der Waals surface area contributed by atoms with Gasteiger partial charge in [0.15, 0.2) is 5.76 Å². The molecule has 7 heteroatoms. The van der Waals surface area contributed by atoms with E-state index in [1.54, 1.807) is 17.0 Å². The quantitative estimate of drug-likeness (QED) is 0.823. The summed E-state index contributed by atoms with van der Waals surface area (Å²) in [5, 5.41) is 7.54. The van der Waals surface area contributed by atoms with Crippen LogP contribution in [-0.2, 0) is 11.3 Å². The lowest BCUT2D eigenvalue weighted by Crippen LogP contribution is -2.47. The van der Waals surface area contributed by atoms with E-state index in [0.29, 0.717) is 23.0 Å². The zero-order valence-corrected chi connectivity index (χ0v) is 15.7. The Bertz CT molecular complexity index is 734. The van der Waals surface area contributed by atoms with Gasteiger partial charge in [0.2, 0.25) is 0 Å². The highest BCUT2D eigenvalue weighted by atomic mass is 35.5. The number of carbonyl (C=O) groups is 1. The lowest BCUT2D eigenvalue weighted by atomic mass is 10.1. The standard InChI is InChI=1S/C19H24ClN3O3/c1-2-10-25-14-6-5-9-23(13-14)19(24)21-12-15-11-18(22-26-15)16-7-3-4-8-17(16)20/h3-4,7-8,11,14H,2,5-6,9-10,12-13H2,1H3,(H,21,24). The number of hydrogen-bond acceptors (Lipinski definition) is 4. The molecule has 0 aliphatic carbocycles. The second kappa shape index (κ2) is 9.05. The van der Waals surface area contributed by atoms with Crippen LogP contribution < -0.4 is 5.32 Å². The van der Waals surface area contributed by atoms with Crippen molar-refractivity contribution in [3.63, 3.8) is 0 Å². The van der Waals surface area contributed by atoms with E-state index in [2.05, 4.69) is 17.4 Å². The van der Waals surface area contributed by atoms with Gasteiger partial charge in [-0.1, -0.05) is 41.9 Å². The number of amides is 2. The molecule has 1 aliphatic rings. The summed E-state index contributed by atoms with van der Waals surface area (Å²) in [4.78, 5) is 14.2. The monoisotopic (exact) mass is 377 g/mol. The van der Waals surface area contributed by atoms with E-state index in [1.165, 1.54) is 0 Å². The number of nitrogens with one attached hydrogen (secondary N) is 1. The number of aromatic nitrogens is 1. The first kappa shape index (κ1) is 18.7. The number of carbonyl (C=O) groups excluding carboxylic acids is 1. The minimum absolute atomic E-state index is 0.106. The molecule has 0 bridgehead atoms. The van der Waals surface area contributed by atoms with E-state index < -0.39 is 0 Å². The van der Waals surface area contributed by atoms with Gasteiger partial charge in [-0.2, -0.15) is 0 Å². The van der Waals surface area contributed by atoms with Gasteiger partial charge in [-0.25, -0.2) is 4.79 Å². The van der Waals surface area contributed by atoms with Crippen LogP contribution in [0.3, 0.4) is 0 Å². The molecular formula is C19H24ClN3O3. The summed E-state index contributed by atoms with van der Waals surface area (Å²) < 4.78 is 11.1. The minimum Gasteiger partial charge on any atom is -0.376 e. The molecule has 140 valence electrons. The number of piperidine rings is 1. The van der Waals surface area contributed by atoms with Gasteiger partial charge in [0.25, 0.3) is 0 Å². The van der Waals surface area contributed by atoms with Crippen molar-refractivity contribution in [1.82, 2.24) is 15.4 Å². The van der Waals surface area contributed by atoms with Crippen molar-refractivity contribution in [2.45, 2.75) is 38.8 Å². The fraction of sp³-hybridized carbons (Fsp3) is 0.474. The maximum atomic E-state index is 12.4. The molecule has 1 saturated heterocycles. The summed E-state index contributed by atoms with van der Waals surface area (Å²) in [6.07, 6.45) is 3.09. The third kappa shape index (κ3) is 4.77. The summed E-state index contributed by atoms with van der Waals surface area (Å²) in [5.41, 5.74) is 1.47. The van der Waals surface area contributed by atoms with Crippen LogP contribution in [0.4, 0.5) is 4.79 Å². The maximum Gasteiger partial charge on any atom is 0.317 e. The van der Waals surface area contributed by atoms with Crippen LogP contribution in [0.15, 0.2) is 34.9 Å². The van der Waals surface area contributed by atoms with E-state index >= 15 is 0 Å². The van der Waals surface area contributed by atoms with Crippen LogP contribution in [0.25, 0.3) is 11.3 Å². The number of benzene rings is 1. The second-order valence-corrected chi connectivity index (χ2v) is 6.81. The van der Waals surface area contributed by atoms with Crippen LogP contribution in [0.5, 0.6) is 0 Å². The predicted octanol–water partition coefficient (Wildman–Crippen LogP) is 4.10. The van der Waals surface area contributed by atoms with E-state index in [1.807, 2.05) is 18.2 Å². The summed E-state index contributed by atoms with van der Waals surface area (Å²) in [7, 11) is 0. The van der Waals surface area contributed by atoms with Crippen LogP contribution in [0, 0.1) is 0 Å². The second-order valence-electron chi connectivity index (χ2n) is 6.40. The van der Waals surface area contributed by atoms with E-state index in [0.717, 1.165) is 38.0 Å². The summed E-state index contributed by atoms with van der Waals surface area (Å²) >= 11 is 6.18. The SMILES string of the molecule is CCCOC1CCCN(C(=O)NCc2cc(-c3ccccc3Cl)no2)C1. The Balaban J connectivity index is 1.53. The molecule has 2 aromatic rings. The molecule has 1 atom stereocenters. The van der Waals surface area contributed by atoms with E-state index in [9.17, 15) is 4.79 Å². The molecule has 1 aliphatic heterocycles. The Morgan fingerprint density at radius 1 is 1.46 bits per heavy atom. The molecule has 1 aromatic carbocycles. The van der Waals surface area contributed by atoms with E-state index in [-0.39, 0.29) is 18.7 Å². The summed E-state index contributed by atoms with van der Waals surface area (Å²) in [6.45, 7) is 4.49. The van der Waals surface area contributed by atoms with Crippen LogP contribution in [-0.4, -0.2) is 41.9 Å².